The maximum Gasteiger partial charge on any atom is 0.417 e. The number of benzene rings is 1. The van der Waals surface area contributed by atoms with E-state index in [1.54, 1.807) is 13.8 Å². The molecule has 0 saturated carbocycles. The summed E-state index contributed by atoms with van der Waals surface area (Å²) in [5.74, 6) is -11.8. The molecule has 4 nitrogen and oxygen atoms in total. The second-order valence-electron chi connectivity index (χ2n) is 5.41. The number of halogens is 5. The summed E-state index contributed by atoms with van der Waals surface area (Å²) in [5.41, 5.74) is -1.27. The fraction of sp³-hybridized carbons (Fsp3) is 0.333. The van der Waals surface area contributed by atoms with Gasteiger partial charge in [0.1, 0.15) is 6.61 Å². The van der Waals surface area contributed by atoms with Crippen LogP contribution in [0.15, 0.2) is 6.08 Å². The van der Waals surface area contributed by atoms with E-state index in [1.165, 1.54) is 0 Å². The molecule has 1 aromatic rings. The first-order valence-corrected chi connectivity index (χ1v) is 6.86. The molecule has 0 unspecified atom stereocenters. The molecule has 0 radical (unpaired) electrons. The van der Waals surface area contributed by atoms with Gasteiger partial charge in [-0.15, -0.1) is 0 Å². The molecule has 0 aliphatic carbocycles. The van der Waals surface area contributed by atoms with E-state index < -0.39 is 52.7 Å². The van der Waals surface area contributed by atoms with Gasteiger partial charge in [0.05, 0.1) is 11.6 Å². The van der Waals surface area contributed by atoms with Crippen molar-refractivity contribution < 1.29 is 36.3 Å². The molecule has 0 N–H and O–H groups in total. The lowest BCUT2D eigenvalue weighted by atomic mass is 10.0. The summed E-state index contributed by atoms with van der Waals surface area (Å²) >= 11 is 0. The van der Waals surface area contributed by atoms with E-state index in [4.69, 9.17) is 4.74 Å². The number of ether oxygens (including phenoxy) is 1. The average molecular weight is 349 g/mol. The number of carbonyl (C=O) groups is 2. The molecule has 2 amide bonds. The molecule has 9 heteroatoms. The normalized spacial score (nSPS) is 17.9. The highest BCUT2D eigenvalue weighted by molar-refractivity contribution is 6.02. The zero-order chi connectivity index (χ0) is 18.2. The number of cyclic esters (lactones) is 1. The van der Waals surface area contributed by atoms with Gasteiger partial charge in [-0.25, -0.2) is 31.6 Å². The van der Waals surface area contributed by atoms with Gasteiger partial charge in [-0.05, 0) is 12.0 Å². The predicted molar refractivity (Wildman–Crippen MR) is 72.1 cm³/mol. The molecule has 0 spiro atoms. The van der Waals surface area contributed by atoms with Crippen molar-refractivity contribution in [1.82, 2.24) is 4.90 Å². The first-order valence-electron chi connectivity index (χ1n) is 6.86. The fourth-order valence-corrected chi connectivity index (χ4v) is 2.18. The van der Waals surface area contributed by atoms with Crippen LogP contribution in [0, 0.1) is 35.0 Å². The van der Waals surface area contributed by atoms with E-state index in [-0.39, 0.29) is 12.5 Å². The molecule has 24 heavy (non-hydrogen) atoms. The van der Waals surface area contributed by atoms with Crippen molar-refractivity contribution in [3.05, 3.63) is 40.7 Å². The van der Waals surface area contributed by atoms with Crippen molar-refractivity contribution in [2.75, 3.05) is 6.61 Å². The summed E-state index contributed by atoms with van der Waals surface area (Å²) < 4.78 is 70.9. The Morgan fingerprint density at radius 3 is 2.08 bits per heavy atom. The quantitative estimate of drug-likeness (QED) is 0.364. The molecule has 1 aliphatic rings. The number of rotatable bonds is 3. The van der Waals surface area contributed by atoms with Crippen LogP contribution in [0.3, 0.4) is 0 Å². The number of hydrogen-bond acceptors (Lipinski definition) is 3. The van der Waals surface area contributed by atoms with Crippen molar-refractivity contribution in [2.24, 2.45) is 5.92 Å². The Bertz CT molecular complexity index is 703. The molecule has 1 atom stereocenters. The molecule has 1 heterocycles. The Kier molecular flexibility index (Phi) is 4.91. The van der Waals surface area contributed by atoms with Crippen molar-refractivity contribution >= 4 is 18.1 Å². The SMILES string of the molecule is CC(C)[C@H]1COC(=O)N1C(=O)C=Cc1c(F)c(F)c(F)c(F)c1F. The highest BCUT2D eigenvalue weighted by Crippen LogP contribution is 2.25. The minimum atomic E-state index is -2.29. The van der Waals surface area contributed by atoms with Crippen LogP contribution in [0.2, 0.25) is 0 Å². The first-order chi connectivity index (χ1) is 11.2. The highest BCUT2D eigenvalue weighted by atomic mass is 19.2. The third-order valence-electron chi connectivity index (χ3n) is 3.55. The molecule has 0 aromatic heterocycles. The van der Waals surface area contributed by atoms with Crippen LogP contribution < -0.4 is 0 Å². The monoisotopic (exact) mass is 349 g/mol. The third-order valence-corrected chi connectivity index (χ3v) is 3.55. The second-order valence-corrected chi connectivity index (χ2v) is 5.41. The number of imide groups is 1. The van der Waals surface area contributed by atoms with Crippen LogP contribution in [0.4, 0.5) is 26.7 Å². The van der Waals surface area contributed by atoms with E-state index in [9.17, 15) is 31.5 Å². The lowest BCUT2D eigenvalue weighted by molar-refractivity contribution is -0.124. The van der Waals surface area contributed by atoms with Gasteiger partial charge in [-0.3, -0.25) is 4.79 Å². The number of nitrogens with zero attached hydrogens (tertiary/aromatic N) is 1. The summed E-state index contributed by atoms with van der Waals surface area (Å²) in [5, 5.41) is 0. The van der Waals surface area contributed by atoms with Gasteiger partial charge in [0.15, 0.2) is 23.3 Å². The zero-order valence-corrected chi connectivity index (χ0v) is 12.6. The Hall–Kier alpha value is -2.45. The minimum Gasteiger partial charge on any atom is -0.447 e. The topological polar surface area (TPSA) is 46.6 Å². The van der Waals surface area contributed by atoms with Crippen LogP contribution in [0.25, 0.3) is 6.08 Å². The molecule has 0 bridgehead atoms. The zero-order valence-electron chi connectivity index (χ0n) is 12.6. The highest BCUT2D eigenvalue weighted by Gasteiger charge is 2.38. The van der Waals surface area contributed by atoms with Crippen LogP contribution in [-0.2, 0) is 9.53 Å². The van der Waals surface area contributed by atoms with Gasteiger partial charge in [-0.2, -0.15) is 0 Å². The molecule has 130 valence electrons. The van der Waals surface area contributed by atoms with Crippen molar-refractivity contribution in [2.45, 2.75) is 19.9 Å². The molecule has 1 fully saturated rings. The predicted octanol–water partition coefficient (Wildman–Crippen LogP) is 3.40. The Labute approximate surface area is 133 Å². The molecular formula is C15H12F5NO3. The molecule has 1 saturated heterocycles. The fourth-order valence-electron chi connectivity index (χ4n) is 2.18. The van der Waals surface area contributed by atoms with Gasteiger partial charge >= 0.3 is 6.09 Å². The van der Waals surface area contributed by atoms with Crippen LogP contribution >= 0.6 is 0 Å². The number of hydrogen-bond donors (Lipinski definition) is 0. The van der Waals surface area contributed by atoms with E-state index in [0.29, 0.717) is 12.2 Å². The Morgan fingerprint density at radius 1 is 1.08 bits per heavy atom. The van der Waals surface area contributed by atoms with Crippen LogP contribution in [0.5, 0.6) is 0 Å². The largest absolute Gasteiger partial charge is 0.447 e. The van der Waals surface area contributed by atoms with E-state index in [1.807, 2.05) is 0 Å². The van der Waals surface area contributed by atoms with E-state index in [2.05, 4.69) is 0 Å². The number of carbonyl (C=O) groups excluding carboxylic acids is 2. The average Bonchev–Trinajstić information content (AvgIpc) is 2.92. The summed E-state index contributed by atoms with van der Waals surface area (Å²) in [4.78, 5) is 24.3. The van der Waals surface area contributed by atoms with E-state index in [0.717, 1.165) is 4.90 Å². The standard InChI is InChI=1S/C15H12F5NO3/c1-6(2)8-5-24-15(23)21(8)9(22)4-3-7-10(16)12(18)14(20)13(19)11(7)17/h3-4,6,8H,5H2,1-2H3/t8-/m1/s1. The number of amides is 2. The third kappa shape index (κ3) is 2.98. The summed E-state index contributed by atoms with van der Waals surface area (Å²) in [6, 6.07) is -0.592. The van der Waals surface area contributed by atoms with Gasteiger partial charge < -0.3 is 4.74 Å². The van der Waals surface area contributed by atoms with Crippen molar-refractivity contribution in [3.8, 4) is 0 Å². The second kappa shape index (κ2) is 6.58. The maximum atomic E-state index is 13.5. The maximum absolute atomic E-state index is 13.5. The lowest BCUT2D eigenvalue weighted by Crippen LogP contribution is -2.40. The van der Waals surface area contributed by atoms with Crippen molar-refractivity contribution in [3.63, 3.8) is 0 Å². The Balaban J connectivity index is 2.35. The molecule has 1 aromatic carbocycles. The van der Waals surface area contributed by atoms with Gasteiger partial charge in [0.25, 0.3) is 5.91 Å². The molecule has 2 rings (SSSR count). The molecular weight excluding hydrogens is 337 g/mol. The van der Waals surface area contributed by atoms with Gasteiger partial charge in [0, 0.05) is 6.08 Å². The van der Waals surface area contributed by atoms with Gasteiger partial charge in [-0.1, -0.05) is 13.8 Å². The van der Waals surface area contributed by atoms with Gasteiger partial charge in [0.2, 0.25) is 5.82 Å². The Morgan fingerprint density at radius 2 is 1.58 bits per heavy atom. The minimum absolute atomic E-state index is 0.0430. The summed E-state index contributed by atoms with van der Waals surface area (Å²) in [6.07, 6.45) is 0.0442. The van der Waals surface area contributed by atoms with Crippen LogP contribution in [-0.4, -0.2) is 29.5 Å². The smallest absolute Gasteiger partial charge is 0.417 e. The van der Waals surface area contributed by atoms with Crippen LogP contribution in [0.1, 0.15) is 19.4 Å². The summed E-state index contributed by atoms with van der Waals surface area (Å²) in [6.45, 7) is 3.40. The molecule has 1 aliphatic heterocycles. The van der Waals surface area contributed by atoms with Crippen molar-refractivity contribution in [1.29, 1.82) is 0 Å². The summed E-state index contributed by atoms with van der Waals surface area (Å²) in [7, 11) is 0. The lowest BCUT2D eigenvalue weighted by Gasteiger charge is -2.21. The van der Waals surface area contributed by atoms with E-state index >= 15 is 0 Å². The first kappa shape index (κ1) is 17.9.